The quantitative estimate of drug-likeness (QED) is 0.384. The van der Waals surface area contributed by atoms with Gasteiger partial charge in [-0.2, -0.15) is 0 Å². The highest BCUT2D eigenvalue weighted by Crippen LogP contribution is 2.17. The van der Waals surface area contributed by atoms with E-state index >= 15 is 0 Å². The summed E-state index contributed by atoms with van der Waals surface area (Å²) in [5, 5.41) is 6.61. The van der Waals surface area contributed by atoms with Gasteiger partial charge in [-0.05, 0) is 37.8 Å². The molecular weight excluding hydrogens is 318 g/mol. The van der Waals surface area contributed by atoms with Gasteiger partial charge in [-0.3, -0.25) is 4.99 Å². The molecule has 25 heavy (non-hydrogen) atoms. The van der Waals surface area contributed by atoms with Gasteiger partial charge in [-0.25, -0.2) is 0 Å². The fourth-order valence-electron chi connectivity index (χ4n) is 2.78. The summed E-state index contributed by atoms with van der Waals surface area (Å²) in [4.78, 5) is 4.55. The number of aliphatic imine (C=N–C) groups is 1. The second-order valence-electron chi connectivity index (χ2n) is 5.96. The lowest BCUT2D eigenvalue weighted by atomic mass is 10.1. The molecule has 0 radical (unpaired) electrons. The largest absolute Gasteiger partial charge is 0.496 e. The van der Waals surface area contributed by atoms with Crippen LogP contribution >= 0.6 is 0 Å². The Kier molecular flexibility index (Phi) is 9.15. The van der Waals surface area contributed by atoms with Crippen molar-refractivity contribution >= 4 is 5.96 Å². The summed E-state index contributed by atoms with van der Waals surface area (Å²) in [5.41, 5.74) is 1.19. The van der Waals surface area contributed by atoms with E-state index < -0.39 is 0 Å². The Morgan fingerprint density at radius 2 is 2.20 bits per heavy atom. The normalized spacial score (nSPS) is 17.5. The van der Waals surface area contributed by atoms with Crippen molar-refractivity contribution < 1.29 is 14.2 Å². The van der Waals surface area contributed by atoms with Gasteiger partial charge >= 0.3 is 0 Å². The van der Waals surface area contributed by atoms with Crippen LogP contribution in [0.3, 0.4) is 0 Å². The Labute approximate surface area is 151 Å². The van der Waals surface area contributed by atoms with E-state index in [4.69, 9.17) is 14.2 Å². The first kappa shape index (κ1) is 19.5. The highest BCUT2D eigenvalue weighted by atomic mass is 16.5. The van der Waals surface area contributed by atoms with Gasteiger partial charge in [0, 0.05) is 19.7 Å². The molecule has 1 saturated heterocycles. The number of nitrogens with one attached hydrogen (secondary N) is 2. The molecule has 2 N–H and O–H groups in total. The lowest BCUT2D eigenvalue weighted by molar-refractivity contribution is 0.0200. The molecule has 0 bridgehead atoms. The van der Waals surface area contributed by atoms with Crippen molar-refractivity contribution in [3.05, 3.63) is 29.8 Å². The third kappa shape index (κ3) is 7.32. The summed E-state index contributed by atoms with van der Waals surface area (Å²) >= 11 is 0. The number of ether oxygens (including phenoxy) is 3. The molecule has 1 atom stereocenters. The van der Waals surface area contributed by atoms with Gasteiger partial charge in [-0.15, -0.1) is 0 Å². The molecule has 1 aromatic carbocycles. The molecule has 1 unspecified atom stereocenters. The van der Waals surface area contributed by atoms with Crippen LogP contribution in [0.15, 0.2) is 29.3 Å². The SMILES string of the molecule is CCNC(=NCCOCC1CCCO1)NCCc1ccccc1OC. The first-order valence-electron chi connectivity index (χ1n) is 9.17. The van der Waals surface area contributed by atoms with Gasteiger partial charge in [-0.1, -0.05) is 18.2 Å². The van der Waals surface area contributed by atoms with Gasteiger partial charge in [0.1, 0.15) is 5.75 Å². The third-order valence-corrected chi connectivity index (χ3v) is 4.06. The third-order valence-electron chi connectivity index (χ3n) is 4.06. The van der Waals surface area contributed by atoms with E-state index in [1.807, 2.05) is 18.2 Å². The zero-order valence-electron chi connectivity index (χ0n) is 15.4. The van der Waals surface area contributed by atoms with Crippen LogP contribution in [0.25, 0.3) is 0 Å². The van der Waals surface area contributed by atoms with Crippen LogP contribution in [-0.4, -0.2) is 58.6 Å². The number of benzene rings is 1. The molecule has 0 aromatic heterocycles. The van der Waals surface area contributed by atoms with Gasteiger partial charge in [0.2, 0.25) is 0 Å². The fraction of sp³-hybridized carbons (Fsp3) is 0.632. The van der Waals surface area contributed by atoms with Crippen LogP contribution in [-0.2, 0) is 15.9 Å². The zero-order valence-corrected chi connectivity index (χ0v) is 15.4. The minimum Gasteiger partial charge on any atom is -0.496 e. The van der Waals surface area contributed by atoms with Crippen molar-refractivity contribution in [1.82, 2.24) is 10.6 Å². The number of para-hydroxylation sites is 1. The van der Waals surface area contributed by atoms with Crippen LogP contribution in [0, 0.1) is 0 Å². The minimum absolute atomic E-state index is 0.274. The Morgan fingerprint density at radius 1 is 1.32 bits per heavy atom. The van der Waals surface area contributed by atoms with Crippen LogP contribution in [0.2, 0.25) is 0 Å². The number of rotatable bonds is 10. The maximum Gasteiger partial charge on any atom is 0.191 e. The van der Waals surface area contributed by atoms with Crippen molar-refractivity contribution in [2.24, 2.45) is 4.99 Å². The van der Waals surface area contributed by atoms with Gasteiger partial charge in [0.05, 0.1) is 33.0 Å². The zero-order chi connectivity index (χ0) is 17.7. The highest BCUT2D eigenvalue weighted by Gasteiger charge is 2.14. The lowest BCUT2D eigenvalue weighted by Crippen LogP contribution is -2.38. The smallest absolute Gasteiger partial charge is 0.191 e. The van der Waals surface area contributed by atoms with Crippen molar-refractivity contribution in [3.63, 3.8) is 0 Å². The standard InChI is InChI=1S/C19H31N3O3/c1-3-20-19(22-12-14-24-15-17-8-6-13-25-17)21-11-10-16-7-4-5-9-18(16)23-2/h4-5,7,9,17H,3,6,8,10-15H2,1-2H3,(H2,20,21,22). The Bertz CT molecular complexity index is 516. The molecule has 0 amide bonds. The monoisotopic (exact) mass is 349 g/mol. The number of methoxy groups -OCH3 is 1. The Hall–Kier alpha value is -1.79. The molecule has 6 nitrogen and oxygen atoms in total. The first-order chi connectivity index (χ1) is 12.3. The van der Waals surface area contributed by atoms with Gasteiger partial charge < -0.3 is 24.8 Å². The van der Waals surface area contributed by atoms with Crippen LogP contribution in [0.5, 0.6) is 5.75 Å². The molecule has 1 heterocycles. The molecule has 1 fully saturated rings. The molecule has 1 aliphatic heterocycles. The van der Waals surface area contributed by atoms with Gasteiger partial charge in [0.15, 0.2) is 5.96 Å². The predicted molar refractivity (Wildman–Crippen MR) is 100 cm³/mol. The summed E-state index contributed by atoms with van der Waals surface area (Å²) in [5.74, 6) is 1.74. The Balaban J connectivity index is 1.67. The average Bonchev–Trinajstić information content (AvgIpc) is 3.15. The van der Waals surface area contributed by atoms with Crippen LogP contribution in [0.4, 0.5) is 0 Å². The summed E-state index contributed by atoms with van der Waals surface area (Å²) in [6.45, 7) is 6.48. The summed E-state index contributed by atoms with van der Waals surface area (Å²) in [6.07, 6.45) is 3.41. The fourth-order valence-corrected chi connectivity index (χ4v) is 2.78. The maximum absolute atomic E-state index is 5.65. The summed E-state index contributed by atoms with van der Waals surface area (Å²) in [7, 11) is 1.70. The van der Waals surface area contributed by atoms with E-state index in [0.717, 1.165) is 50.7 Å². The van der Waals surface area contributed by atoms with Crippen molar-refractivity contribution in [1.29, 1.82) is 0 Å². The summed E-state index contributed by atoms with van der Waals surface area (Å²) < 4.78 is 16.6. The summed E-state index contributed by atoms with van der Waals surface area (Å²) in [6, 6.07) is 8.09. The van der Waals surface area contributed by atoms with Crippen molar-refractivity contribution in [3.8, 4) is 5.75 Å². The maximum atomic E-state index is 5.65. The van der Waals surface area contributed by atoms with E-state index in [9.17, 15) is 0 Å². The van der Waals surface area contributed by atoms with E-state index in [0.29, 0.717) is 19.8 Å². The minimum atomic E-state index is 0.274. The number of nitrogens with zero attached hydrogens (tertiary/aromatic N) is 1. The van der Waals surface area contributed by atoms with Crippen molar-refractivity contribution in [2.75, 3.05) is 46.6 Å². The molecule has 6 heteroatoms. The van der Waals surface area contributed by atoms with Crippen LogP contribution in [0.1, 0.15) is 25.3 Å². The van der Waals surface area contributed by atoms with Gasteiger partial charge in [0.25, 0.3) is 0 Å². The lowest BCUT2D eigenvalue weighted by Gasteiger charge is -2.13. The highest BCUT2D eigenvalue weighted by molar-refractivity contribution is 5.79. The molecule has 140 valence electrons. The second-order valence-corrected chi connectivity index (χ2v) is 5.96. The molecule has 2 rings (SSSR count). The first-order valence-corrected chi connectivity index (χ1v) is 9.17. The van der Waals surface area contributed by atoms with Crippen LogP contribution < -0.4 is 15.4 Å². The molecule has 0 spiro atoms. The van der Waals surface area contributed by atoms with E-state index in [1.54, 1.807) is 7.11 Å². The Morgan fingerprint density at radius 3 is 2.96 bits per heavy atom. The van der Waals surface area contributed by atoms with E-state index in [2.05, 4.69) is 28.6 Å². The van der Waals surface area contributed by atoms with Crippen molar-refractivity contribution in [2.45, 2.75) is 32.3 Å². The topological polar surface area (TPSA) is 64.1 Å². The number of hydrogen-bond acceptors (Lipinski definition) is 4. The average molecular weight is 349 g/mol. The number of guanidine groups is 1. The molecule has 1 aliphatic rings. The molecule has 0 saturated carbocycles. The molecular formula is C19H31N3O3. The van der Waals surface area contributed by atoms with E-state index in [-0.39, 0.29) is 6.10 Å². The molecule has 1 aromatic rings. The molecule has 0 aliphatic carbocycles. The number of hydrogen-bond donors (Lipinski definition) is 2. The predicted octanol–water partition coefficient (Wildman–Crippen LogP) is 1.99. The second kappa shape index (κ2) is 11.7. The van der Waals surface area contributed by atoms with E-state index in [1.165, 1.54) is 5.56 Å².